The molecule has 3 heterocycles. The summed E-state index contributed by atoms with van der Waals surface area (Å²) in [6, 6.07) is 9.61. The summed E-state index contributed by atoms with van der Waals surface area (Å²) < 4.78 is 28.3. The van der Waals surface area contributed by atoms with Crippen LogP contribution in [0.25, 0.3) is 16.9 Å². The molecule has 0 amide bonds. The van der Waals surface area contributed by atoms with Crippen LogP contribution in [-0.4, -0.2) is 35.8 Å². The molecular formula is C16H15BrN4O2S. The van der Waals surface area contributed by atoms with Gasteiger partial charge in [-0.05, 0) is 58.6 Å². The molecule has 1 aromatic carbocycles. The average Bonchev–Trinajstić information content (AvgIpc) is 2.95. The fraction of sp³-hybridized carbons (Fsp3) is 0.250. The van der Waals surface area contributed by atoms with E-state index in [1.54, 1.807) is 6.33 Å². The maximum absolute atomic E-state index is 12.1. The van der Waals surface area contributed by atoms with Crippen molar-refractivity contribution in [3.05, 3.63) is 46.8 Å². The SMILES string of the molecule is CS(=O)(=O)N1CCCc2ccc(-n3cnc4ccc(Br)nc43)cc21. The van der Waals surface area contributed by atoms with Gasteiger partial charge < -0.3 is 0 Å². The Morgan fingerprint density at radius 3 is 2.83 bits per heavy atom. The minimum atomic E-state index is -3.29. The summed E-state index contributed by atoms with van der Waals surface area (Å²) in [6.45, 7) is 0.518. The molecule has 0 fully saturated rings. The van der Waals surface area contributed by atoms with E-state index >= 15 is 0 Å². The standard InChI is InChI=1S/C16H15BrN4O2S/c1-24(22,23)21-8-2-3-11-4-5-12(9-14(11)21)20-10-18-13-6-7-15(17)19-16(13)20/h4-7,9-10H,2-3,8H2,1H3. The Hall–Kier alpha value is -1.93. The van der Waals surface area contributed by atoms with Gasteiger partial charge >= 0.3 is 0 Å². The van der Waals surface area contributed by atoms with E-state index in [-0.39, 0.29) is 0 Å². The molecule has 0 radical (unpaired) electrons. The number of aryl methyl sites for hydroxylation is 1. The molecule has 3 aromatic rings. The Bertz CT molecular complexity index is 1050. The third-order valence-electron chi connectivity index (χ3n) is 4.18. The van der Waals surface area contributed by atoms with Crippen molar-refractivity contribution >= 4 is 42.8 Å². The average molecular weight is 407 g/mol. The molecule has 24 heavy (non-hydrogen) atoms. The van der Waals surface area contributed by atoms with Gasteiger partial charge in [0.2, 0.25) is 10.0 Å². The number of hydrogen-bond acceptors (Lipinski definition) is 4. The highest BCUT2D eigenvalue weighted by Crippen LogP contribution is 2.32. The summed E-state index contributed by atoms with van der Waals surface area (Å²) >= 11 is 3.38. The topological polar surface area (TPSA) is 68.1 Å². The Morgan fingerprint density at radius 1 is 1.21 bits per heavy atom. The van der Waals surface area contributed by atoms with E-state index in [2.05, 4.69) is 25.9 Å². The van der Waals surface area contributed by atoms with Gasteiger partial charge in [-0.15, -0.1) is 0 Å². The van der Waals surface area contributed by atoms with Gasteiger partial charge in [0.05, 0.1) is 17.6 Å². The normalized spacial score (nSPS) is 14.8. The zero-order chi connectivity index (χ0) is 16.9. The molecule has 0 bridgehead atoms. The molecule has 1 aliphatic rings. The van der Waals surface area contributed by atoms with Gasteiger partial charge in [0.25, 0.3) is 0 Å². The van der Waals surface area contributed by atoms with Crippen molar-refractivity contribution in [3.8, 4) is 5.69 Å². The third kappa shape index (κ3) is 2.59. The molecule has 0 spiro atoms. The monoisotopic (exact) mass is 406 g/mol. The van der Waals surface area contributed by atoms with E-state index < -0.39 is 10.0 Å². The van der Waals surface area contributed by atoms with Crippen LogP contribution >= 0.6 is 15.9 Å². The van der Waals surface area contributed by atoms with Gasteiger partial charge in [0, 0.05) is 6.54 Å². The molecule has 0 N–H and O–H groups in total. The molecule has 0 saturated heterocycles. The number of fused-ring (bicyclic) bond motifs is 2. The summed E-state index contributed by atoms with van der Waals surface area (Å²) in [7, 11) is -3.29. The van der Waals surface area contributed by atoms with E-state index in [1.807, 2.05) is 34.9 Å². The number of hydrogen-bond donors (Lipinski definition) is 0. The molecule has 0 unspecified atom stereocenters. The highest BCUT2D eigenvalue weighted by Gasteiger charge is 2.24. The fourth-order valence-electron chi connectivity index (χ4n) is 3.08. The van der Waals surface area contributed by atoms with Crippen molar-refractivity contribution in [1.29, 1.82) is 0 Å². The molecule has 8 heteroatoms. The number of anilines is 1. The molecule has 1 aliphatic heterocycles. The minimum Gasteiger partial charge on any atom is -0.283 e. The predicted octanol–water partition coefficient (Wildman–Crippen LogP) is 2.90. The van der Waals surface area contributed by atoms with Crippen LogP contribution in [0.1, 0.15) is 12.0 Å². The van der Waals surface area contributed by atoms with Gasteiger partial charge in [-0.3, -0.25) is 8.87 Å². The summed E-state index contributed by atoms with van der Waals surface area (Å²) in [5.74, 6) is 0. The molecule has 124 valence electrons. The quantitative estimate of drug-likeness (QED) is 0.613. The number of pyridine rings is 1. The van der Waals surface area contributed by atoms with E-state index in [1.165, 1.54) is 10.6 Å². The van der Waals surface area contributed by atoms with Gasteiger partial charge in [0.1, 0.15) is 16.4 Å². The van der Waals surface area contributed by atoms with Crippen LogP contribution in [0, 0.1) is 0 Å². The van der Waals surface area contributed by atoms with Crippen molar-refractivity contribution in [1.82, 2.24) is 14.5 Å². The molecule has 2 aromatic heterocycles. The van der Waals surface area contributed by atoms with E-state index in [0.29, 0.717) is 6.54 Å². The second kappa shape index (κ2) is 5.56. The highest BCUT2D eigenvalue weighted by molar-refractivity contribution is 9.10. The van der Waals surface area contributed by atoms with Crippen LogP contribution in [-0.2, 0) is 16.4 Å². The number of rotatable bonds is 2. The van der Waals surface area contributed by atoms with Crippen LogP contribution < -0.4 is 4.31 Å². The van der Waals surface area contributed by atoms with Crippen molar-refractivity contribution in [2.75, 3.05) is 17.1 Å². The largest absolute Gasteiger partial charge is 0.283 e. The summed E-state index contributed by atoms with van der Waals surface area (Å²) in [5.41, 5.74) is 4.16. The number of aromatic nitrogens is 3. The Balaban J connectivity index is 1.89. The van der Waals surface area contributed by atoms with Crippen LogP contribution in [0.4, 0.5) is 5.69 Å². The van der Waals surface area contributed by atoms with Crippen LogP contribution in [0.5, 0.6) is 0 Å². The van der Waals surface area contributed by atoms with Gasteiger partial charge in [-0.2, -0.15) is 0 Å². The molecular weight excluding hydrogens is 392 g/mol. The molecule has 4 rings (SSSR count). The summed E-state index contributed by atoms with van der Waals surface area (Å²) in [4.78, 5) is 8.84. The van der Waals surface area contributed by atoms with Gasteiger partial charge in [-0.25, -0.2) is 18.4 Å². The van der Waals surface area contributed by atoms with E-state index in [4.69, 9.17) is 0 Å². The van der Waals surface area contributed by atoms with Crippen LogP contribution in [0.15, 0.2) is 41.3 Å². The van der Waals surface area contributed by atoms with Crippen molar-refractivity contribution in [3.63, 3.8) is 0 Å². The maximum Gasteiger partial charge on any atom is 0.232 e. The molecule has 0 aliphatic carbocycles. The molecule has 6 nitrogen and oxygen atoms in total. The third-order valence-corrected chi connectivity index (χ3v) is 5.81. The number of benzene rings is 1. The zero-order valence-electron chi connectivity index (χ0n) is 13.0. The van der Waals surface area contributed by atoms with Gasteiger partial charge in [0.15, 0.2) is 5.65 Å². The first-order valence-electron chi connectivity index (χ1n) is 7.54. The Morgan fingerprint density at radius 2 is 2.04 bits per heavy atom. The number of nitrogens with zero attached hydrogens (tertiary/aromatic N) is 4. The lowest BCUT2D eigenvalue weighted by atomic mass is 10.0. The second-order valence-electron chi connectivity index (χ2n) is 5.84. The summed E-state index contributed by atoms with van der Waals surface area (Å²) in [5, 5.41) is 0. The first-order valence-corrected chi connectivity index (χ1v) is 10.2. The number of sulfonamides is 1. The predicted molar refractivity (Wildman–Crippen MR) is 97.1 cm³/mol. The Kier molecular flexibility index (Phi) is 3.61. The maximum atomic E-state index is 12.1. The van der Waals surface area contributed by atoms with Crippen LogP contribution in [0.3, 0.4) is 0 Å². The highest BCUT2D eigenvalue weighted by atomic mass is 79.9. The molecule has 0 saturated carbocycles. The number of imidazole rings is 1. The Labute approximate surface area is 148 Å². The van der Waals surface area contributed by atoms with Crippen molar-refractivity contribution in [2.24, 2.45) is 0 Å². The smallest absolute Gasteiger partial charge is 0.232 e. The zero-order valence-corrected chi connectivity index (χ0v) is 15.4. The molecule has 0 atom stereocenters. The lowest BCUT2D eigenvalue weighted by Gasteiger charge is -2.29. The lowest BCUT2D eigenvalue weighted by Crippen LogP contribution is -2.34. The fourth-order valence-corrected chi connectivity index (χ4v) is 4.37. The van der Waals surface area contributed by atoms with Crippen molar-refractivity contribution < 1.29 is 8.42 Å². The second-order valence-corrected chi connectivity index (χ2v) is 8.56. The van der Waals surface area contributed by atoms with Crippen molar-refractivity contribution in [2.45, 2.75) is 12.8 Å². The minimum absolute atomic E-state index is 0.518. The van der Waals surface area contributed by atoms with E-state index in [0.717, 1.165) is 45.5 Å². The first-order chi connectivity index (χ1) is 11.4. The van der Waals surface area contributed by atoms with Gasteiger partial charge in [-0.1, -0.05) is 6.07 Å². The summed E-state index contributed by atoms with van der Waals surface area (Å²) in [6.07, 6.45) is 4.68. The first kappa shape index (κ1) is 15.6. The lowest BCUT2D eigenvalue weighted by molar-refractivity contribution is 0.592. The van der Waals surface area contributed by atoms with E-state index in [9.17, 15) is 8.42 Å². The van der Waals surface area contributed by atoms with Crippen LogP contribution in [0.2, 0.25) is 0 Å². The number of halogens is 1.